The number of quaternary nitrogens is 1. The molecule has 0 aliphatic rings. The Morgan fingerprint density at radius 2 is 1.10 bits per heavy atom. The summed E-state index contributed by atoms with van der Waals surface area (Å²) in [6.07, 6.45) is 24.3. The number of unbranched alkanes of at least 4 members (excludes halogenated alkanes) is 16. The minimum atomic E-state index is -0.701. The van der Waals surface area contributed by atoms with Crippen LogP contribution >= 0.6 is 0 Å². The monoisotopic (exact) mass is 442 g/mol. The summed E-state index contributed by atoms with van der Waals surface area (Å²) in [6.45, 7) is 4.09. The highest BCUT2D eigenvalue weighted by Gasteiger charge is 2.19. The molecule has 0 heterocycles. The number of hydrogen-bond acceptors (Lipinski definition) is 2. The van der Waals surface area contributed by atoms with Gasteiger partial charge in [-0.2, -0.15) is 0 Å². The fourth-order valence-electron chi connectivity index (χ4n) is 4.50. The van der Waals surface area contributed by atoms with Gasteiger partial charge in [0.05, 0.1) is 20.6 Å². The average Bonchev–Trinajstić information content (AvgIpc) is 2.70. The van der Waals surface area contributed by atoms with Gasteiger partial charge in [0.2, 0.25) is 0 Å². The molecule has 0 saturated heterocycles. The molecule has 0 aromatic heterocycles. The van der Waals surface area contributed by atoms with Crippen LogP contribution in [-0.2, 0) is 4.79 Å². The average molecular weight is 443 g/mol. The maximum absolute atomic E-state index is 10.5. The molecule has 4 nitrogen and oxygen atoms in total. The predicted molar refractivity (Wildman–Crippen MR) is 133 cm³/mol. The summed E-state index contributed by atoms with van der Waals surface area (Å²) in [5.41, 5.74) is 0. The van der Waals surface area contributed by atoms with E-state index in [1.165, 1.54) is 89.9 Å². The van der Waals surface area contributed by atoms with E-state index in [2.05, 4.69) is 21.0 Å². The molecule has 0 spiro atoms. The van der Waals surface area contributed by atoms with Crippen molar-refractivity contribution in [3.8, 4) is 0 Å². The zero-order valence-corrected chi connectivity index (χ0v) is 21.4. The third-order valence-corrected chi connectivity index (χ3v) is 6.50. The van der Waals surface area contributed by atoms with Crippen LogP contribution in [0.3, 0.4) is 0 Å². The maximum atomic E-state index is 10.5. The zero-order valence-electron chi connectivity index (χ0n) is 21.4. The van der Waals surface area contributed by atoms with Crippen molar-refractivity contribution >= 4 is 5.97 Å². The summed E-state index contributed by atoms with van der Waals surface area (Å²) in [7, 11) is 4.35. The molecule has 0 radical (unpaired) electrons. The van der Waals surface area contributed by atoms with Gasteiger partial charge in [0.25, 0.3) is 0 Å². The highest BCUT2D eigenvalue weighted by atomic mass is 16.4. The molecular formula is C27H56NO3+. The number of rotatable bonds is 24. The minimum absolute atomic E-state index is 0.212. The molecule has 1 atom stereocenters. The van der Waals surface area contributed by atoms with Crippen molar-refractivity contribution in [2.75, 3.05) is 27.2 Å². The second-order valence-electron chi connectivity index (χ2n) is 10.4. The number of carboxylic acids is 1. The molecule has 186 valence electrons. The van der Waals surface area contributed by atoms with E-state index >= 15 is 0 Å². The number of aliphatic hydroxyl groups excluding tert-OH is 1. The summed E-state index contributed by atoms with van der Waals surface area (Å²) >= 11 is 0. The van der Waals surface area contributed by atoms with Crippen molar-refractivity contribution in [2.24, 2.45) is 0 Å². The molecule has 0 aromatic rings. The smallest absolute Gasteiger partial charge is 0.303 e. The summed E-state index contributed by atoms with van der Waals surface area (Å²) < 4.78 is 0.826. The number of aliphatic hydroxyl groups is 1. The largest absolute Gasteiger partial charge is 0.481 e. The standard InChI is InChI=1S/C27H55NO3/c1-4-5-6-7-8-9-10-11-12-13-14-15-16-17-19-22-26(29)25-28(2,3)24-21-18-20-23-27(30)31/h26,29H,4-25H2,1-3H3/p+1. The number of aliphatic carboxylic acids is 1. The van der Waals surface area contributed by atoms with Gasteiger partial charge in [-0.3, -0.25) is 4.79 Å². The normalized spacial score (nSPS) is 12.9. The van der Waals surface area contributed by atoms with E-state index in [1.807, 2.05) is 0 Å². The van der Waals surface area contributed by atoms with Gasteiger partial charge in [0, 0.05) is 6.42 Å². The molecule has 0 aliphatic heterocycles. The van der Waals surface area contributed by atoms with Gasteiger partial charge in [0.1, 0.15) is 12.6 Å². The highest BCUT2D eigenvalue weighted by Crippen LogP contribution is 2.15. The van der Waals surface area contributed by atoms with E-state index in [1.54, 1.807) is 0 Å². The molecule has 0 amide bonds. The van der Waals surface area contributed by atoms with Gasteiger partial charge >= 0.3 is 5.97 Å². The summed E-state index contributed by atoms with van der Waals surface area (Å²) in [6, 6.07) is 0. The lowest BCUT2D eigenvalue weighted by Gasteiger charge is -2.32. The van der Waals surface area contributed by atoms with E-state index in [0.717, 1.165) is 49.7 Å². The minimum Gasteiger partial charge on any atom is -0.481 e. The molecule has 31 heavy (non-hydrogen) atoms. The van der Waals surface area contributed by atoms with Crippen molar-refractivity contribution in [2.45, 2.75) is 141 Å². The Balaban J connectivity index is 3.41. The van der Waals surface area contributed by atoms with Gasteiger partial charge in [-0.25, -0.2) is 0 Å². The number of likely N-dealkylation sites (N-methyl/N-ethyl adjacent to an activating group) is 1. The predicted octanol–water partition coefficient (Wildman–Crippen LogP) is 7.33. The highest BCUT2D eigenvalue weighted by molar-refractivity contribution is 5.66. The van der Waals surface area contributed by atoms with Crippen LogP contribution in [-0.4, -0.2) is 54.0 Å². The lowest BCUT2D eigenvalue weighted by Crippen LogP contribution is -2.46. The Bertz CT molecular complexity index is 398. The van der Waals surface area contributed by atoms with Crippen LogP contribution in [0.5, 0.6) is 0 Å². The summed E-state index contributed by atoms with van der Waals surface area (Å²) in [4.78, 5) is 10.5. The number of hydrogen-bond donors (Lipinski definition) is 2. The van der Waals surface area contributed by atoms with Crippen LogP contribution < -0.4 is 0 Å². The van der Waals surface area contributed by atoms with Gasteiger partial charge in [-0.1, -0.05) is 103 Å². The fourth-order valence-corrected chi connectivity index (χ4v) is 4.50. The van der Waals surface area contributed by atoms with Gasteiger partial charge in [-0.15, -0.1) is 0 Å². The van der Waals surface area contributed by atoms with Crippen molar-refractivity contribution in [3.63, 3.8) is 0 Å². The molecule has 0 bridgehead atoms. The van der Waals surface area contributed by atoms with Crippen LogP contribution in [0.2, 0.25) is 0 Å². The van der Waals surface area contributed by atoms with Crippen molar-refractivity contribution in [1.82, 2.24) is 0 Å². The quantitative estimate of drug-likeness (QED) is 0.121. The first kappa shape index (κ1) is 30.4. The topological polar surface area (TPSA) is 57.5 Å². The van der Waals surface area contributed by atoms with Crippen LogP contribution in [0.1, 0.15) is 135 Å². The fraction of sp³-hybridized carbons (Fsp3) is 0.963. The van der Waals surface area contributed by atoms with Crippen LogP contribution in [0.4, 0.5) is 0 Å². The molecule has 1 unspecified atom stereocenters. The second kappa shape index (κ2) is 21.2. The summed E-state index contributed by atoms with van der Waals surface area (Å²) in [5, 5.41) is 19.1. The second-order valence-corrected chi connectivity index (χ2v) is 10.4. The van der Waals surface area contributed by atoms with E-state index in [4.69, 9.17) is 5.11 Å². The number of carbonyl (C=O) groups is 1. The number of nitrogens with zero attached hydrogens (tertiary/aromatic N) is 1. The van der Waals surface area contributed by atoms with Gasteiger partial charge < -0.3 is 14.7 Å². The molecule has 0 aliphatic carbocycles. The molecule has 0 fully saturated rings. The van der Waals surface area contributed by atoms with Gasteiger partial charge in [-0.05, 0) is 25.7 Å². The van der Waals surface area contributed by atoms with E-state index in [0.29, 0.717) is 0 Å². The van der Waals surface area contributed by atoms with Crippen LogP contribution in [0.25, 0.3) is 0 Å². The first-order chi connectivity index (χ1) is 14.9. The molecule has 0 aromatic carbocycles. The molecule has 4 heteroatoms. The van der Waals surface area contributed by atoms with E-state index in [-0.39, 0.29) is 12.5 Å². The first-order valence-electron chi connectivity index (χ1n) is 13.6. The van der Waals surface area contributed by atoms with E-state index in [9.17, 15) is 9.90 Å². The molecular weight excluding hydrogens is 386 g/mol. The Morgan fingerprint density at radius 3 is 1.55 bits per heavy atom. The lowest BCUT2D eigenvalue weighted by molar-refractivity contribution is -0.893. The third kappa shape index (κ3) is 23.9. The van der Waals surface area contributed by atoms with Gasteiger partial charge in [0.15, 0.2) is 0 Å². The SMILES string of the molecule is CCCCCCCCCCCCCCCCCC(O)C[N+](C)(C)CCCCCC(=O)O. The van der Waals surface area contributed by atoms with Crippen molar-refractivity contribution in [1.29, 1.82) is 0 Å². The van der Waals surface area contributed by atoms with E-state index < -0.39 is 5.97 Å². The number of carboxylic acid groups (broad SMARTS) is 1. The Labute approximate surface area is 194 Å². The molecule has 0 rings (SSSR count). The Kier molecular flexibility index (Phi) is 20.8. The zero-order chi connectivity index (χ0) is 23.2. The van der Waals surface area contributed by atoms with Crippen LogP contribution in [0.15, 0.2) is 0 Å². The van der Waals surface area contributed by atoms with Crippen molar-refractivity contribution < 1.29 is 19.5 Å². The Morgan fingerprint density at radius 1 is 0.677 bits per heavy atom. The van der Waals surface area contributed by atoms with Crippen molar-refractivity contribution in [3.05, 3.63) is 0 Å². The first-order valence-corrected chi connectivity index (χ1v) is 13.6. The lowest BCUT2D eigenvalue weighted by atomic mass is 10.0. The third-order valence-electron chi connectivity index (χ3n) is 6.50. The maximum Gasteiger partial charge on any atom is 0.303 e. The molecule has 0 saturated carbocycles. The van der Waals surface area contributed by atoms with Crippen LogP contribution in [0, 0.1) is 0 Å². The molecule has 2 N–H and O–H groups in total. The summed E-state index contributed by atoms with van der Waals surface area (Å²) in [5.74, 6) is -0.701. The Hall–Kier alpha value is -0.610.